The summed E-state index contributed by atoms with van der Waals surface area (Å²) >= 11 is 0. The highest BCUT2D eigenvalue weighted by Gasteiger charge is 2.05. The number of nitrogens with one attached hydrogen (secondary N) is 2. The van der Waals surface area contributed by atoms with E-state index in [0.717, 1.165) is 17.1 Å². The monoisotopic (exact) mass is 267 g/mol. The summed E-state index contributed by atoms with van der Waals surface area (Å²) in [6, 6.07) is 17.7. The lowest BCUT2D eigenvalue weighted by atomic mass is 10.2. The molecule has 0 atom stereocenters. The maximum atomic E-state index is 5.72. The average Bonchev–Trinajstić information content (AvgIpc) is 3.01. The summed E-state index contributed by atoms with van der Waals surface area (Å²) in [5.74, 6) is 1.33. The van der Waals surface area contributed by atoms with Gasteiger partial charge in [0.25, 0.3) is 0 Å². The van der Waals surface area contributed by atoms with Crippen LogP contribution < -0.4 is 10.1 Å². The van der Waals surface area contributed by atoms with Crippen molar-refractivity contribution >= 4 is 11.4 Å². The smallest absolute Gasteiger partial charge is 0.186 e. The van der Waals surface area contributed by atoms with E-state index < -0.39 is 0 Å². The minimum atomic E-state index is 0.292. The lowest BCUT2D eigenvalue weighted by molar-refractivity contribution is 0.297. The zero-order valence-corrected chi connectivity index (χ0v) is 10.7. The van der Waals surface area contributed by atoms with Gasteiger partial charge in [-0.15, -0.1) is 5.10 Å². The van der Waals surface area contributed by atoms with Crippen molar-refractivity contribution in [2.24, 2.45) is 0 Å². The molecule has 0 saturated carbocycles. The van der Waals surface area contributed by atoms with Gasteiger partial charge in [-0.2, -0.15) is 0 Å². The number of para-hydroxylation sites is 3. The summed E-state index contributed by atoms with van der Waals surface area (Å²) in [5.41, 5.74) is 1.90. The first-order chi connectivity index (χ1) is 9.92. The van der Waals surface area contributed by atoms with Crippen molar-refractivity contribution in [3.63, 3.8) is 0 Å². The van der Waals surface area contributed by atoms with Gasteiger partial charge in [0.15, 0.2) is 5.82 Å². The van der Waals surface area contributed by atoms with Gasteiger partial charge in [-0.05, 0) is 34.7 Å². The van der Waals surface area contributed by atoms with Crippen LogP contribution in [-0.4, -0.2) is 20.6 Å². The van der Waals surface area contributed by atoms with Gasteiger partial charge >= 0.3 is 0 Å². The molecular formula is C14H13N5O. The van der Waals surface area contributed by atoms with Crippen molar-refractivity contribution in [1.29, 1.82) is 0 Å². The van der Waals surface area contributed by atoms with Crippen LogP contribution in [0.1, 0.15) is 5.82 Å². The molecule has 1 heterocycles. The minimum Gasteiger partial charge on any atom is -0.483 e. The molecular weight excluding hydrogens is 254 g/mol. The second kappa shape index (κ2) is 5.83. The Balaban J connectivity index is 1.74. The van der Waals surface area contributed by atoms with E-state index in [1.807, 2.05) is 54.6 Å². The van der Waals surface area contributed by atoms with E-state index in [2.05, 4.69) is 25.9 Å². The first kappa shape index (κ1) is 12.2. The molecule has 0 aliphatic carbocycles. The number of benzene rings is 2. The fraction of sp³-hybridized carbons (Fsp3) is 0.0714. The molecule has 2 N–H and O–H groups in total. The molecule has 0 aliphatic rings. The molecule has 0 bridgehead atoms. The van der Waals surface area contributed by atoms with Crippen molar-refractivity contribution in [3.8, 4) is 5.75 Å². The third-order valence-electron chi connectivity index (χ3n) is 2.69. The van der Waals surface area contributed by atoms with E-state index in [-0.39, 0.29) is 0 Å². The first-order valence-electron chi connectivity index (χ1n) is 6.18. The van der Waals surface area contributed by atoms with Gasteiger partial charge in [0.05, 0.1) is 5.69 Å². The van der Waals surface area contributed by atoms with Crippen molar-refractivity contribution in [2.75, 3.05) is 5.32 Å². The number of ether oxygens (including phenoxy) is 1. The number of aromatic nitrogens is 4. The van der Waals surface area contributed by atoms with Crippen molar-refractivity contribution in [1.82, 2.24) is 20.6 Å². The third kappa shape index (κ3) is 2.92. The lowest BCUT2D eigenvalue weighted by Crippen LogP contribution is -2.00. The summed E-state index contributed by atoms with van der Waals surface area (Å²) < 4.78 is 5.72. The number of H-pyrrole nitrogens is 1. The highest BCUT2D eigenvalue weighted by molar-refractivity contribution is 5.65. The Morgan fingerprint density at radius 2 is 1.80 bits per heavy atom. The Bertz CT molecular complexity index is 654. The van der Waals surface area contributed by atoms with Crippen molar-refractivity contribution in [3.05, 3.63) is 60.4 Å². The van der Waals surface area contributed by atoms with Gasteiger partial charge in [0, 0.05) is 5.69 Å². The zero-order valence-electron chi connectivity index (χ0n) is 10.7. The molecule has 20 heavy (non-hydrogen) atoms. The molecule has 1 aromatic heterocycles. The summed E-state index contributed by atoms with van der Waals surface area (Å²) in [6.45, 7) is 0.292. The van der Waals surface area contributed by atoms with E-state index >= 15 is 0 Å². The highest BCUT2D eigenvalue weighted by Crippen LogP contribution is 2.27. The van der Waals surface area contributed by atoms with Gasteiger partial charge in [0.1, 0.15) is 12.4 Å². The molecule has 0 aliphatic heterocycles. The number of rotatable bonds is 5. The Hall–Kier alpha value is -2.89. The second-order valence-corrected chi connectivity index (χ2v) is 4.12. The van der Waals surface area contributed by atoms with Crippen molar-refractivity contribution < 1.29 is 4.74 Å². The summed E-state index contributed by atoms with van der Waals surface area (Å²) in [6.07, 6.45) is 0. The van der Waals surface area contributed by atoms with E-state index in [0.29, 0.717) is 12.4 Å². The van der Waals surface area contributed by atoms with E-state index in [1.54, 1.807) is 0 Å². The molecule has 0 saturated heterocycles. The lowest BCUT2D eigenvalue weighted by Gasteiger charge is -2.12. The summed E-state index contributed by atoms with van der Waals surface area (Å²) in [4.78, 5) is 0. The Morgan fingerprint density at radius 1 is 1.00 bits per heavy atom. The molecule has 6 heteroatoms. The number of aromatic amines is 1. The fourth-order valence-electron chi connectivity index (χ4n) is 1.76. The largest absolute Gasteiger partial charge is 0.483 e. The van der Waals surface area contributed by atoms with E-state index in [4.69, 9.17) is 4.74 Å². The van der Waals surface area contributed by atoms with Gasteiger partial charge in [0.2, 0.25) is 0 Å². The molecule has 3 rings (SSSR count). The SMILES string of the molecule is c1ccc(Nc2ccccc2OCc2nnn[nH]2)cc1. The summed E-state index contributed by atoms with van der Waals surface area (Å²) in [5, 5.41) is 16.8. The van der Waals surface area contributed by atoms with Gasteiger partial charge in [-0.1, -0.05) is 30.3 Å². The Morgan fingerprint density at radius 3 is 2.60 bits per heavy atom. The van der Waals surface area contributed by atoms with Gasteiger partial charge in [-0.25, -0.2) is 5.10 Å². The molecule has 3 aromatic rings. The number of hydrogen-bond donors (Lipinski definition) is 2. The number of anilines is 2. The maximum Gasteiger partial charge on any atom is 0.186 e. The molecule has 6 nitrogen and oxygen atoms in total. The van der Waals surface area contributed by atoms with Crippen LogP contribution in [0.15, 0.2) is 54.6 Å². The van der Waals surface area contributed by atoms with E-state index in [9.17, 15) is 0 Å². The van der Waals surface area contributed by atoms with Gasteiger partial charge in [-0.3, -0.25) is 0 Å². The predicted octanol–water partition coefficient (Wildman–Crippen LogP) is 2.52. The molecule has 0 fully saturated rings. The zero-order chi connectivity index (χ0) is 13.6. The molecule has 0 spiro atoms. The topological polar surface area (TPSA) is 75.7 Å². The molecule has 0 radical (unpaired) electrons. The van der Waals surface area contributed by atoms with Crippen LogP contribution in [0, 0.1) is 0 Å². The maximum absolute atomic E-state index is 5.72. The van der Waals surface area contributed by atoms with Crippen molar-refractivity contribution in [2.45, 2.75) is 6.61 Å². The Kier molecular flexibility index (Phi) is 3.55. The average molecular weight is 267 g/mol. The number of hydrogen-bond acceptors (Lipinski definition) is 5. The van der Waals surface area contributed by atoms with Crippen LogP contribution >= 0.6 is 0 Å². The van der Waals surface area contributed by atoms with Crippen LogP contribution in [0.3, 0.4) is 0 Å². The number of nitrogens with zero attached hydrogens (tertiary/aromatic N) is 3. The van der Waals surface area contributed by atoms with Gasteiger partial charge < -0.3 is 10.1 Å². The fourth-order valence-corrected chi connectivity index (χ4v) is 1.76. The predicted molar refractivity (Wildman–Crippen MR) is 74.7 cm³/mol. The van der Waals surface area contributed by atoms with Crippen LogP contribution in [0.4, 0.5) is 11.4 Å². The Labute approximate surface area is 115 Å². The highest BCUT2D eigenvalue weighted by atomic mass is 16.5. The quantitative estimate of drug-likeness (QED) is 0.743. The third-order valence-corrected chi connectivity index (χ3v) is 2.69. The molecule has 0 unspecified atom stereocenters. The number of tetrazole rings is 1. The van der Waals surface area contributed by atoms with Crippen LogP contribution in [-0.2, 0) is 6.61 Å². The summed E-state index contributed by atoms with van der Waals surface area (Å²) in [7, 11) is 0. The normalized spacial score (nSPS) is 10.2. The first-order valence-corrected chi connectivity index (χ1v) is 6.18. The van der Waals surface area contributed by atoms with Crippen LogP contribution in [0.25, 0.3) is 0 Å². The molecule has 2 aromatic carbocycles. The second-order valence-electron chi connectivity index (χ2n) is 4.12. The molecule has 100 valence electrons. The minimum absolute atomic E-state index is 0.292. The standard InChI is InChI=1S/C14H13N5O/c1-2-6-11(7-3-1)15-12-8-4-5-9-13(12)20-10-14-16-18-19-17-14/h1-9,15H,10H2,(H,16,17,18,19). The van der Waals surface area contributed by atoms with E-state index in [1.165, 1.54) is 0 Å². The molecule has 0 amide bonds. The van der Waals surface area contributed by atoms with Crippen LogP contribution in [0.2, 0.25) is 0 Å². The van der Waals surface area contributed by atoms with Crippen LogP contribution in [0.5, 0.6) is 5.75 Å².